The summed E-state index contributed by atoms with van der Waals surface area (Å²) in [5.41, 5.74) is -1.88. The monoisotopic (exact) mass is 283 g/mol. The van der Waals surface area contributed by atoms with Crippen LogP contribution in [0.1, 0.15) is 5.56 Å². The van der Waals surface area contributed by atoms with Gasteiger partial charge in [0.05, 0.1) is 11.3 Å². The number of hydrogen-bond donors (Lipinski definition) is 2. The minimum atomic E-state index is -4.73. The number of aliphatic carboxylic acids is 1. The van der Waals surface area contributed by atoms with Gasteiger partial charge in [-0.3, -0.25) is 9.52 Å². The Balaban J connectivity index is 3.09. The Hall–Kier alpha value is -1.77. The molecule has 1 rings (SSSR count). The molecule has 5 nitrogen and oxygen atoms in total. The number of sulfonamides is 1. The largest absolute Gasteiger partial charge is 0.480 e. The maximum atomic E-state index is 12.5. The summed E-state index contributed by atoms with van der Waals surface area (Å²) in [6, 6.07) is 3.90. The van der Waals surface area contributed by atoms with Gasteiger partial charge in [0.15, 0.2) is 5.75 Å². The number of carboxylic acid groups (broad SMARTS) is 1. The van der Waals surface area contributed by atoms with Gasteiger partial charge in [-0.25, -0.2) is 8.42 Å². The number of nitrogens with one attached hydrogen (secondary N) is 1. The van der Waals surface area contributed by atoms with Crippen molar-refractivity contribution >= 4 is 21.7 Å². The van der Waals surface area contributed by atoms with Gasteiger partial charge in [-0.1, -0.05) is 12.1 Å². The van der Waals surface area contributed by atoms with Crippen LogP contribution in [0.4, 0.5) is 18.9 Å². The van der Waals surface area contributed by atoms with E-state index in [0.717, 1.165) is 12.1 Å². The van der Waals surface area contributed by atoms with Crippen molar-refractivity contribution in [2.45, 2.75) is 6.18 Å². The van der Waals surface area contributed by atoms with E-state index in [1.165, 1.54) is 6.07 Å². The Kier molecular flexibility index (Phi) is 3.85. The number of halogens is 3. The van der Waals surface area contributed by atoms with E-state index in [4.69, 9.17) is 5.11 Å². The number of para-hydroxylation sites is 1. The number of rotatable bonds is 4. The van der Waals surface area contributed by atoms with Crippen molar-refractivity contribution in [2.24, 2.45) is 0 Å². The zero-order valence-corrected chi connectivity index (χ0v) is 9.55. The van der Waals surface area contributed by atoms with Gasteiger partial charge >= 0.3 is 12.1 Å². The Bertz CT molecular complexity index is 553. The van der Waals surface area contributed by atoms with Crippen LogP contribution in [0, 0.1) is 0 Å². The quantitative estimate of drug-likeness (QED) is 0.877. The SMILES string of the molecule is O=C(O)CS(=O)(=O)Nc1ccccc1C(F)(F)F. The molecule has 0 atom stereocenters. The van der Waals surface area contributed by atoms with Crippen LogP contribution >= 0.6 is 0 Å². The lowest BCUT2D eigenvalue weighted by atomic mass is 10.2. The van der Waals surface area contributed by atoms with Crippen molar-refractivity contribution in [3.63, 3.8) is 0 Å². The molecule has 0 radical (unpaired) electrons. The summed E-state index contributed by atoms with van der Waals surface area (Å²) in [4.78, 5) is 10.2. The standard InChI is InChI=1S/C9H8F3NO4S/c10-9(11,12)6-3-1-2-4-7(6)13-18(16,17)5-8(14)15/h1-4,13H,5H2,(H,14,15). The van der Waals surface area contributed by atoms with Crippen LogP contribution in [-0.2, 0) is 21.0 Å². The second-order valence-electron chi connectivity index (χ2n) is 3.30. The first-order valence-electron chi connectivity index (χ1n) is 4.50. The van der Waals surface area contributed by atoms with E-state index < -0.39 is 39.2 Å². The molecule has 100 valence electrons. The molecule has 0 aromatic heterocycles. The normalized spacial score (nSPS) is 12.2. The number of benzene rings is 1. The number of anilines is 1. The van der Waals surface area contributed by atoms with Crippen LogP contribution in [0.5, 0.6) is 0 Å². The number of hydrogen-bond acceptors (Lipinski definition) is 3. The molecule has 0 bridgehead atoms. The number of carboxylic acids is 1. The van der Waals surface area contributed by atoms with E-state index in [0.29, 0.717) is 6.07 Å². The summed E-state index contributed by atoms with van der Waals surface area (Å²) >= 11 is 0. The van der Waals surface area contributed by atoms with Crippen molar-refractivity contribution in [2.75, 3.05) is 10.5 Å². The van der Waals surface area contributed by atoms with Crippen LogP contribution in [0.15, 0.2) is 24.3 Å². The van der Waals surface area contributed by atoms with Gasteiger partial charge in [0.2, 0.25) is 10.0 Å². The van der Waals surface area contributed by atoms with Gasteiger partial charge in [-0.05, 0) is 12.1 Å². The Labute approximate surface area is 100 Å². The van der Waals surface area contributed by atoms with Gasteiger partial charge in [-0.2, -0.15) is 13.2 Å². The highest BCUT2D eigenvalue weighted by Gasteiger charge is 2.34. The maximum absolute atomic E-state index is 12.5. The molecule has 0 aliphatic rings. The van der Waals surface area contributed by atoms with Crippen molar-refractivity contribution in [3.05, 3.63) is 29.8 Å². The molecule has 0 spiro atoms. The van der Waals surface area contributed by atoms with Crippen LogP contribution < -0.4 is 4.72 Å². The fourth-order valence-corrected chi connectivity index (χ4v) is 2.10. The smallest absolute Gasteiger partial charge is 0.418 e. The molecule has 0 amide bonds. The minimum Gasteiger partial charge on any atom is -0.480 e. The van der Waals surface area contributed by atoms with E-state index in [-0.39, 0.29) is 0 Å². The molecule has 0 unspecified atom stereocenters. The molecule has 0 aliphatic carbocycles. The van der Waals surface area contributed by atoms with E-state index >= 15 is 0 Å². The van der Waals surface area contributed by atoms with Crippen LogP contribution in [0.25, 0.3) is 0 Å². The van der Waals surface area contributed by atoms with E-state index in [1.807, 2.05) is 0 Å². The van der Waals surface area contributed by atoms with Crippen molar-refractivity contribution in [1.82, 2.24) is 0 Å². The molecular formula is C9H8F3NO4S. The van der Waals surface area contributed by atoms with Gasteiger partial charge in [0.25, 0.3) is 0 Å². The fraction of sp³-hybridized carbons (Fsp3) is 0.222. The Morgan fingerprint density at radius 1 is 1.28 bits per heavy atom. The molecule has 0 saturated heterocycles. The van der Waals surface area contributed by atoms with Crippen molar-refractivity contribution in [3.8, 4) is 0 Å². The second-order valence-corrected chi connectivity index (χ2v) is 5.02. The molecule has 1 aromatic rings. The van der Waals surface area contributed by atoms with Crippen LogP contribution in [0.2, 0.25) is 0 Å². The Morgan fingerprint density at radius 2 is 1.83 bits per heavy atom. The van der Waals surface area contributed by atoms with Gasteiger partial charge in [-0.15, -0.1) is 0 Å². The van der Waals surface area contributed by atoms with Gasteiger partial charge in [0.1, 0.15) is 0 Å². The molecule has 0 aliphatic heterocycles. The zero-order chi connectivity index (χ0) is 14.0. The maximum Gasteiger partial charge on any atom is 0.418 e. The highest BCUT2D eigenvalue weighted by atomic mass is 32.2. The number of alkyl halides is 3. The van der Waals surface area contributed by atoms with E-state index in [2.05, 4.69) is 0 Å². The molecule has 0 saturated carbocycles. The lowest BCUT2D eigenvalue weighted by molar-refractivity contribution is -0.137. The summed E-state index contributed by atoms with van der Waals surface area (Å²) in [6.45, 7) is 0. The lowest BCUT2D eigenvalue weighted by Crippen LogP contribution is -2.24. The topological polar surface area (TPSA) is 83.5 Å². The Morgan fingerprint density at radius 3 is 2.33 bits per heavy atom. The summed E-state index contributed by atoms with van der Waals surface area (Å²) in [5.74, 6) is -2.97. The zero-order valence-electron chi connectivity index (χ0n) is 8.73. The third kappa shape index (κ3) is 3.91. The molecule has 0 fully saturated rings. The van der Waals surface area contributed by atoms with E-state index in [9.17, 15) is 26.4 Å². The first-order valence-corrected chi connectivity index (χ1v) is 6.15. The molecule has 9 heteroatoms. The molecule has 0 heterocycles. The third-order valence-electron chi connectivity index (χ3n) is 1.81. The summed E-state index contributed by atoms with van der Waals surface area (Å²) < 4.78 is 61.7. The van der Waals surface area contributed by atoms with Crippen molar-refractivity contribution in [1.29, 1.82) is 0 Å². The third-order valence-corrected chi connectivity index (χ3v) is 2.97. The predicted molar refractivity (Wildman–Crippen MR) is 56.5 cm³/mol. The molecule has 2 N–H and O–H groups in total. The average Bonchev–Trinajstić information content (AvgIpc) is 2.13. The number of carbonyl (C=O) groups is 1. The van der Waals surface area contributed by atoms with Crippen molar-refractivity contribution < 1.29 is 31.5 Å². The van der Waals surface area contributed by atoms with E-state index in [1.54, 1.807) is 4.72 Å². The van der Waals surface area contributed by atoms with Gasteiger partial charge in [0, 0.05) is 0 Å². The first-order chi connectivity index (χ1) is 8.12. The summed E-state index contributed by atoms with van der Waals surface area (Å²) in [5, 5.41) is 8.31. The molecule has 1 aromatic carbocycles. The minimum absolute atomic E-state index is 0.693. The average molecular weight is 283 g/mol. The lowest BCUT2D eigenvalue weighted by Gasteiger charge is -2.13. The van der Waals surface area contributed by atoms with Crippen LogP contribution in [0.3, 0.4) is 0 Å². The summed E-state index contributed by atoms with van der Waals surface area (Å²) in [6.07, 6.45) is -4.73. The first kappa shape index (κ1) is 14.3. The molecule has 18 heavy (non-hydrogen) atoms. The molecular weight excluding hydrogens is 275 g/mol. The predicted octanol–water partition coefficient (Wildman–Crippen LogP) is 1.53. The summed E-state index contributed by atoms with van der Waals surface area (Å²) in [7, 11) is -4.37. The second kappa shape index (κ2) is 4.84. The fourth-order valence-electron chi connectivity index (χ4n) is 1.19. The van der Waals surface area contributed by atoms with Crippen LogP contribution in [-0.4, -0.2) is 25.2 Å². The highest BCUT2D eigenvalue weighted by Crippen LogP contribution is 2.34. The highest BCUT2D eigenvalue weighted by molar-refractivity contribution is 7.93. The van der Waals surface area contributed by atoms with Gasteiger partial charge < -0.3 is 5.11 Å².